The molecule has 1 heterocycles. The first kappa shape index (κ1) is 13.4. The van der Waals surface area contributed by atoms with Crippen LogP contribution in [0.15, 0.2) is 18.2 Å². The molecule has 1 fully saturated rings. The van der Waals surface area contributed by atoms with E-state index in [1.54, 1.807) is 0 Å². The second kappa shape index (κ2) is 5.75. The number of rotatable bonds is 3. The van der Waals surface area contributed by atoms with Crippen LogP contribution in [0, 0.1) is 13.8 Å². The summed E-state index contributed by atoms with van der Waals surface area (Å²) in [5, 5.41) is 3.66. The Bertz CT molecular complexity index is 400. The van der Waals surface area contributed by atoms with Crippen LogP contribution in [-0.2, 0) is 0 Å². The van der Waals surface area contributed by atoms with Gasteiger partial charge in [0.05, 0.1) is 0 Å². The molecule has 1 N–H and O–H groups in total. The molecule has 1 aromatic carbocycles. The van der Waals surface area contributed by atoms with Gasteiger partial charge in [0.15, 0.2) is 0 Å². The van der Waals surface area contributed by atoms with Crippen molar-refractivity contribution in [3.05, 3.63) is 29.3 Å². The maximum Gasteiger partial charge on any atom is 0.0399 e. The molecule has 1 aromatic rings. The Hall–Kier alpha value is -1.02. The highest BCUT2D eigenvalue weighted by Crippen LogP contribution is 2.25. The number of nitrogens with zero attached hydrogens (tertiary/aromatic N) is 1. The first-order chi connectivity index (χ1) is 8.61. The highest BCUT2D eigenvalue weighted by atomic mass is 15.2. The number of hydrogen-bond acceptors (Lipinski definition) is 2. The third-order valence-corrected chi connectivity index (χ3v) is 3.95. The van der Waals surface area contributed by atoms with E-state index < -0.39 is 0 Å². The maximum atomic E-state index is 3.66. The van der Waals surface area contributed by atoms with E-state index in [2.05, 4.69) is 56.1 Å². The lowest BCUT2D eigenvalue weighted by atomic mass is 10.0. The highest BCUT2D eigenvalue weighted by molar-refractivity contribution is 5.55. The molecule has 2 heteroatoms. The molecule has 0 radical (unpaired) electrons. The van der Waals surface area contributed by atoms with Crippen molar-refractivity contribution in [3.8, 4) is 0 Å². The summed E-state index contributed by atoms with van der Waals surface area (Å²) in [5.41, 5.74) is 4.17. The summed E-state index contributed by atoms with van der Waals surface area (Å²) >= 11 is 0. The summed E-state index contributed by atoms with van der Waals surface area (Å²) < 4.78 is 0. The number of piperazine rings is 1. The van der Waals surface area contributed by atoms with E-state index in [1.165, 1.54) is 29.7 Å². The Morgan fingerprint density at radius 1 is 1.33 bits per heavy atom. The molecule has 0 spiro atoms. The number of benzene rings is 1. The summed E-state index contributed by atoms with van der Waals surface area (Å²) in [6, 6.07) is 8.03. The Balaban J connectivity index is 2.18. The third-order valence-electron chi connectivity index (χ3n) is 3.95. The molecule has 0 aliphatic carbocycles. The van der Waals surface area contributed by atoms with Crippen LogP contribution in [0.5, 0.6) is 0 Å². The van der Waals surface area contributed by atoms with Crippen LogP contribution in [0.2, 0.25) is 0 Å². The van der Waals surface area contributed by atoms with Crippen molar-refractivity contribution in [1.29, 1.82) is 0 Å². The standard InChI is InChI=1S/C16H26N2/c1-5-6-15-11-18(14(4)10-17-15)16-8-7-12(2)9-13(16)3/h7-9,14-15,17H,5-6,10-11H2,1-4H3. The molecular weight excluding hydrogens is 220 g/mol. The minimum atomic E-state index is 0.583. The SMILES string of the molecule is CCCC1CN(c2ccc(C)cc2C)C(C)CN1. The lowest BCUT2D eigenvalue weighted by Crippen LogP contribution is -2.55. The summed E-state index contributed by atoms with van der Waals surface area (Å²) in [7, 11) is 0. The summed E-state index contributed by atoms with van der Waals surface area (Å²) in [6.07, 6.45) is 2.53. The molecule has 0 bridgehead atoms. The number of aryl methyl sites for hydroxylation is 2. The van der Waals surface area contributed by atoms with Gasteiger partial charge in [-0.1, -0.05) is 31.0 Å². The average molecular weight is 246 g/mol. The minimum absolute atomic E-state index is 0.583. The fourth-order valence-electron chi connectivity index (χ4n) is 2.93. The quantitative estimate of drug-likeness (QED) is 0.880. The van der Waals surface area contributed by atoms with Gasteiger partial charge in [0, 0.05) is 30.9 Å². The molecule has 18 heavy (non-hydrogen) atoms. The molecule has 0 aromatic heterocycles. The van der Waals surface area contributed by atoms with Gasteiger partial charge >= 0.3 is 0 Å². The zero-order valence-corrected chi connectivity index (χ0v) is 12.2. The zero-order chi connectivity index (χ0) is 13.1. The Morgan fingerprint density at radius 3 is 2.78 bits per heavy atom. The van der Waals surface area contributed by atoms with Crippen LogP contribution in [0.3, 0.4) is 0 Å². The van der Waals surface area contributed by atoms with E-state index in [-0.39, 0.29) is 0 Å². The first-order valence-electron chi connectivity index (χ1n) is 7.19. The lowest BCUT2D eigenvalue weighted by molar-refractivity contribution is 0.386. The van der Waals surface area contributed by atoms with Crippen molar-refractivity contribution >= 4 is 5.69 Å². The van der Waals surface area contributed by atoms with Crippen molar-refractivity contribution in [2.45, 2.75) is 52.6 Å². The van der Waals surface area contributed by atoms with E-state index >= 15 is 0 Å². The van der Waals surface area contributed by atoms with Crippen LogP contribution in [0.1, 0.15) is 37.8 Å². The van der Waals surface area contributed by atoms with Gasteiger partial charge in [0.1, 0.15) is 0 Å². The second-order valence-electron chi connectivity index (χ2n) is 5.69. The van der Waals surface area contributed by atoms with Gasteiger partial charge in [0.2, 0.25) is 0 Å². The molecule has 1 aliphatic rings. The molecule has 2 rings (SSSR count). The van der Waals surface area contributed by atoms with Gasteiger partial charge in [-0.15, -0.1) is 0 Å². The van der Waals surface area contributed by atoms with Crippen molar-refractivity contribution in [2.75, 3.05) is 18.0 Å². The van der Waals surface area contributed by atoms with Gasteiger partial charge in [-0.25, -0.2) is 0 Å². The van der Waals surface area contributed by atoms with E-state index in [9.17, 15) is 0 Å². The van der Waals surface area contributed by atoms with E-state index in [0.717, 1.165) is 13.1 Å². The summed E-state index contributed by atoms with van der Waals surface area (Å²) in [6.45, 7) is 11.2. The number of anilines is 1. The number of nitrogens with one attached hydrogen (secondary N) is 1. The summed E-state index contributed by atoms with van der Waals surface area (Å²) in [4.78, 5) is 2.58. The van der Waals surface area contributed by atoms with Gasteiger partial charge in [-0.05, 0) is 38.8 Å². The van der Waals surface area contributed by atoms with Gasteiger partial charge in [-0.3, -0.25) is 0 Å². The largest absolute Gasteiger partial charge is 0.366 e. The molecule has 2 atom stereocenters. The third kappa shape index (κ3) is 2.86. The first-order valence-corrected chi connectivity index (χ1v) is 7.19. The smallest absolute Gasteiger partial charge is 0.0399 e. The monoisotopic (exact) mass is 246 g/mol. The Morgan fingerprint density at radius 2 is 2.11 bits per heavy atom. The van der Waals surface area contributed by atoms with Gasteiger partial charge in [0.25, 0.3) is 0 Å². The topological polar surface area (TPSA) is 15.3 Å². The van der Waals surface area contributed by atoms with Crippen molar-refractivity contribution in [1.82, 2.24) is 5.32 Å². The Kier molecular flexibility index (Phi) is 4.28. The lowest BCUT2D eigenvalue weighted by Gasteiger charge is -2.41. The van der Waals surface area contributed by atoms with E-state index in [4.69, 9.17) is 0 Å². The molecule has 1 saturated heterocycles. The fraction of sp³-hybridized carbons (Fsp3) is 0.625. The normalized spacial score (nSPS) is 24.3. The molecular formula is C16H26N2. The van der Waals surface area contributed by atoms with Crippen LogP contribution < -0.4 is 10.2 Å². The van der Waals surface area contributed by atoms with E-state index in [1.807, 2.05) is 0 Å². The maximum absolute atomic E-state index is 3.66. The molecule has 0 saturated carbocycles. The van der Waals surface area contributed by atoms with E-state index in [0.29, 0.717) is 12.1 Å². The predicted molar refractivity (Wildman–Crippen MR) is 79.4 cm³/mol. The summed E-state index contributed by atoms with van der Waals surface area (Å²) in [5.74, 6) is 0. The van der Waals surface area contributed by atoms with Crippen LogP contribution in [0.25, 0.3) is 0 Å². The Labute approximate surface area is 111 Å². The van der Waals surface area contributed by atoms with Gasteiger partial charge in [-0.2, -0.15) is 0 Å². The second-order valence-corrected chi connectivity index (χ2v) is 5.69. The predicted octanol–water partition coefficient (Wildman–Crippen LogP) is 3.27. The molecule has 0 amide bonds. The average Bonchev–Trinajstić information content (AvgIpc) is 2.33. The molecule has 2 unspecified atom stereocenters. The number of hydrogen-bond donors (Lipinski definition) is 1. The molecule has 100 valence electrons. The minimum Gasteiger partial charge on any atom is -0.366 e. The van der Waals surface area contributed by atoms with Crippen LogP contribution >= 0.6 is 0 Å². The van der Waals surface area contributed by atoms with Gasteiger partial charge < -0.3 is 10.2 Å². The molecule has 1 aliphatic heterocycles. The van der Waals surface area contributed by atoms with Crippen molar-refractivity contribution in [2.24, 2.45) is 0 Å². The van der Waals surface area contributed by atoms with Crippen LogP contribution in [0.4, 0.5) is 5.69 Å². The van der Waals surface area contributed by atoms with Crippen LogP contribution in [-0.4, -0.2) is 25.2 Å². The fourth-order valence-corrected chi connectivity index (χ4v) is 2.93. The molecule has 2 nitrogen and oxygen atoms in total. The van der Waals surface area contributed by atoms with Crippen molar-refractivity contribution < 1.29 is 0 Å². The zero-order valence-electron chi connectivity index (χ0n) is 12.2. The highest BCUT2D eigenvalue weighted by Gasteiger charge is 2.25. The van der Waals surface area contributed by atoms with Crippen molar-refractivity contribution in [3.63, 3.8) is 0 Å².